The number of aliphatic hydroxyl groups excluding tert-OH is 1. The van der Waals surface area contributed by atoms with Gasteiger partial charge in [-0.2, -0.15) is 0 Å². The van der Waals surface area contributed by atoms with Crippen LogP contribution in [0.3, 0.4) is 0 Å². The second-order valence-corrected chi connectivity index (χ2v) is 5.22. The van der Waals surface area contributed by atoms with Crippen molar-refractivity contribution in [2.24, 2.45) is 11.1 Å². The maximum Gasteiger partial charge on any atom is 0.141 e. The summed E-state index contributed by atoms with van der Waals surface area (Å²) in [4.78, 5) is 0. The lowest BCUT2D eigenvalue weighted by Gasteiger charge is -2.30. The largest absolute Gasteiger partial charge is 0.506 e. The lowest BCUT2D eigenvalue weighted by molar-refractivity contribution is 0.131. The van der Waals surface area contributed by atoms with E-state index in [4.69, 9.17) is 5.73 Å². The standard InChI is InChI=1S/C11H15BrFNO2/c1-11(2,5-15)10(14)6-3-4-7(13)8(12)9(6)16/h3-4,10,15-16H,5,14H2,1-2H3/t10-/m0/s1. The number of hydrogen-bond acceptors (Lipinski definition) is 3. The molecular weight excluding hydrogens is 277 g/mol. The fourth-order valence-electron chi connectivity index (χ4n) is 1.33. The third-order valence-electron chi connectivity index (χ3n) is 2.68. The van der Waals surface area contributed by atoms with E-state index in [2.05, 4.69) is 15.9 Å². The zero-order chi connectivity index (χ0) is 12.5. The zero-order valence-corrected chi connectivity index (χ0v) is 10.8. The van der Waals surface area contributed by atoms with Gasteiger partial charge in [0.2, 0.25) is 0 Å². The molecule has 0 bridgehead atoms. The predicted octanol–water partition coefficient (Wildman–Crippen LogP) is 2.31. The van der Waals surface area contributed by atoms with Gasteiger partial charge >= 0.3 is 0 Å². The number of benzene rings is 1. The van der Waals surface area contributed by atoms with Gasteiger partial charge in [-0.1, -0.05) is 19.9 Å². The summed E-state index contributed by atoms with van der Waals surface area (Å²) in [6.07, 6.45) is 0. The predicted molar refractivity (Wildman–Crippen MR) is 63.6 cm³/mol. The molecule has 1 rings (SSSR count). The van der Waals surface area contributed by atoms with Gasteiger partial charge in [0, 0.05) is 23.6 Å². The van der Waals surface area contributed by atoms with Gasteiger partial charge in [0.25, 0.3) is 0 Å². The number of phenols is 1. The van der Waals surface area contributed by atoms with Crippen LogP contribution in [0.25, 0.3) is 0 Å². The van der Waals surface area contributed by atoms with E-state index in [0.29, 0.717) is 5.56 Å². The number of halogens is 2. The van der Waals surface area contributed by atoms with Crippen molar-refractivity contribution < 1.29 is 14.6 Å². The minimum absolute atomic E-state index is 0.00538. The fourth-order valence-corrected chi connectivity index (χ4v) is 1.69. The molecule has 1 atom stereocenters. The maximum atomic E-state index is 13.1. The lowest BCUT2D eigenvalue weighted by Crippen LogP contribution is -2.32. The monoisotopic (exact) mass is 291 g/mol. The molecule has 3 nitrogen and oxygen atoms in total. The van der Waals surface area contributed by atoms with E-state index in [-0.39, 0.29) is 16.8 Å². The molecule has 0 amide bonds. The Morgan fingerprint density at radius 3 is 2.56 bits per heavy atom. The Labute approximate surface area is 102 Å². The van der Waals surface area contributed by atoms with Gasteiger partial charge in [-0.3, -0.25) is 0 Å². The highest BCUT2D eigenvalue weighted by molar-refractivity contribution is 9.10. The quantitative estimate of drug-likeness (QED) is 0.801. The second kappa shape index (κ2) is 4.69. The summed E-state index contributed by atoms with van der Waals surface area (Å²) in [7, 11) is 0. The molecule has 0 fully saturated rings. The van der Waals surface area contributed by atoms with Crippen molar-refractivity contribution in [3.63, 3.8) is 0 Å². The lowest BCUT2D eigenvalue weighted by atomic mass is 9.81. The first-order chi connectivity index (χ1) is 7.31. The van der Waals surface area contributed by atoms with Crippen LogP contribution < -0.4 is 5.73 Å². The van der Waals surface area contributed by atoms with Crippen LogP contribution in [0.15, 0.2) is 16.6 Å². The number of phenolic OH excluding ortho intramolecular Hbond substituents is 1. The molecule has 0 aliphatic carbocycles. The molecular formula is C11H15BrFNO2. The SMILES string of the molecule is CC(C)(CO)[C@@H](N)c1ccc(F)c(Br)c1O. The number of rotatable bonds is 3. The molecule has 0 unspecified atom stereocenters. The van der Waals surface area contributed by atoms with Crippen LogP contribution in [-0.2, 0) is 0 Å². The third kappa shape index (κ3) is 2.36. The van der Waals surface area contributed by atoms with Crippen molar-refractivity contribution >= 4 is 15.9 Å². The molecule has 16 heavy (non-hydrogen) atoms. The normalized spacial score (nSPS) is 13.9. The Bertz CT molecular complexity index is 396. The summed E-state index contributed by atoms with van der Waals surface area (Å²) < 4.78 is 13.1. The van der Waals surface area contributed by atoms with E-state index in [1.54, 1.807) is 13.8 Å². The van der Waals surface area contributed by atoms with Crippen molar-refractivity contribution in [1.29, 1.82) is 0 Å². The Balaban J connectivity index is 3.20. The number of nitrogens with two attached hydrogens (primary N) is 1. The summed E-state index contributed by atoms with van der Waals surface area (Å²) in [6, 6.07) is 2.08. The summed E-state index contributed by atoms with van der Waals surface area (Å²) in [5.41, 5.74) is 5.76. The van der Waals surface area contributed by atoms with Crippen molar-refractivity contribution in [3.8, 4) is 5.75 Å². The molecule has 0 aliphatic heterocycles. The van der Waals surface area contributed by atoms with E-state index >= 15 is 0 Å². The van der Waals surface area contributed by atoms with Gasteiger partial charge in [-0.15, -0.1) is 0 Å². The van der Waals surface area contributed by atoms with E-state index in [0.717, 1.165) is 0 Å². The minimum Gasteiger partial charge on any atom is -0.506 e. The van der Waals surface area contributed by atoms with Crippen molar-refractivity contribution in [1.82, 2.24) is 0 Å². The Morgan fingerprint density at radius 1 is 1.50 bits per heavy atom. The molecule has 0 radical (unpaired) electrons. The molecule has 0 aromatic heterocycles. The molecule has 0 heterocycles. The van der Waals surface area contributed by atoms with Crippen molar-refractivity contribution in [3.05, 3.63) is 28.0 Å². The van der Waals surface area contributed by atoms with Gasteiger partial charge in [-0.25, -0.2) is 4.39 Å². The number of aliphatic hydroxyl groups is 1. The van der Waals surface area contributed by atoms with Gasteiger partial charge in [0.1, 0.15) is 11.6 Å². The molecule has 1 aromatic carbocycles. The number of aromatic hydroxyl groups is 1. The topological polar surface area (TPSA) is 66.5 Å². The van der Waals surface area contributed by atoms with Crippen LogP contribution in [-0.4, -0.2) is 16.8 Å². The first kappa shape index (κ1) is 13.4. The molecule has 0 aliphatic rings. The first-order valence-corrected chi connectivity index (χ1v) is 5.64. The molecule has 0 saturated heterocycles. The Morgan fingerprint density at radius 2 is 2.06 bits per heavy atom. The highest BCUT2D eigenvalue weighted by Crippen LogP contribution is 2.39. The fraction of sp³-hybridized carbons (Fsp3) is 0.455. The average molecular weight is 292 g/mol. The van der Waals surface area contributed by atoms with Crippen LogP contribution in [0.5, 0.6) is 5.75 Å². The molecule has 0 spiro atoms. The summed E-state index contributed by atoms with van der Waals surface area (Å²) in [5, 5.41) is 19.0. The Hall–Kier alpha value is -0.650. The summed E-state index contributed by atoms with van der Waals surface area (Å²) in [6.45, 7) is 3.42. The van der Waals surface area contributed by atoms with Gasteiger partial charge in [0.15, 0.2) is 0 Å². The maximum absolute atomic E-state index is 13.1. The van der Waals surface area contributed by atoms with Crippen LogP contribution in [0.2, 0.25) is 0 Å². The van der Waals surface area contributed by atoms with Gasteiger partial charge in [0.05, 0.1) is 4.47 Å². The molecule has 4 N–H and O–H groups in total. The Kier molecular flexibility index (Phi) is 3.93. The minimum atomic E-state index is -0.589. The first-order valence-electron chi connectivity index (χ1n) is 4.84. The molecule has 1 aromatic rings. The van der Waals surface area contributed by atoms with E-state index in [1.807, 2.05) is 0 Å². The molecule has 90 valence electrons. The van der Waals surface area contributed by atoms with E-state index < -0.39 is 17.3 Å². The summed E-state index contributed by atoms with van der Waals surface area (Å²) >= 11 is 2.94. The van der Waals surface area contributed by atoms with Crippen LogP contribution in [0.1, 0.15) is 25.5 Å². The van der Waals surface area contributed by atoms with Gasteiger partial charge in [-0.05, 0) is 22.0 Å². The van der Waals surface area contributed by atoms with E-state index in [1.165, 1.54) is 12.1 Å². The van der Waals surface area contributed by atoms with Crippen LogP contribution in [0.4, 0.5) is 4.39 Å². The smallest absolute Gasteiger partial charge is 0.141 e. The highest BCUT2D eigenvalue weighted by Gasteiger charge is 2.29. The second-order valence-electron chi connectivity index (χ2n) is 4.42. The van der Waals surface area contributed by atoms with Crippen LogP contribution in [0, 0.1) is 11.2 Å². The molecule has 5 heteroatoms. The van der Waals surface area contributed by atoms with Gasteiger partial charge < -0.3 is 15.9 Å². The van der Waals surface area contributed by atoms with Crippen molar-refractivity contribution in [2.75, 3.05) is 6.61 Å². The highest BCUT2D eigenvalue weighted by atomic mass is 79.9. The van der Waals surface area contributed by atoms with E-state index in [9.17, 15) is 14.6 Å². The average Bonchev–Trinajstić information content (AvgIpc) is 2.25. The third-order valence-corrected chi connectivity index (χ3v) is 3.44. The molecule has 0 saturated carbocycles. The number of hydrogen-bond donors (Lipinski definition) is 3. The van der Waals surface area contributed by atoms with Crippen LogP contribution >= 0.6 is 15.9 Å². The summed E-state index contributed by atoms with van der Waals surface area (Å²) in [5.74, 6) is -0.760. The van der Waals surface area contributed by atoms with Crippen molar-refractivity contribution in [2.45, 2.75) is 19.9 Å². The zero-order valence-electron chi connectivity index (χ0n) is 9.17.